The van der Waals surface area contributed by atoms with Crippen LogP contribution in [0.4, 0.5) is 0 Å². The van der Waals surface area contributed by atoms with Crippen LogP contribution < -0.4 is 0 Å². The van der Waals surface area contributed by atoms with Gasteiger partial charge in [-0.25, -0.2) is 0 Å². The van der Waals surface area contributed by atoms with Crippen LogP contribution in [0.2, 0.25) is 0 Å². The van der Waals surface area contributed by atoms with E-state index in [2.05, 4.69) is 0 Å². The van der Waals surface area contributed by atoms with Crippen molar-refractivity contribution in [2.45, 2.75) is 37.9 Å². The van der Waals surface area contributed by atoms with Crippen molar-refractivity contribution in [2.75, 3.05) is 0 Å². The van der Waals surface area contributed by atoms with Crippen molar-refractivity contribution in [1.29, 1.82) is 0 Å². The van der Waals surface area contributed by atoms with E-state index < -0.39 is 18.2 Å². The van der Waals surface area contributed by atoms with Crippen LogP contribution in [-0.2, 0) is 11.2 Å². The molecule has 2 atom stereocenters. The summed E-state index contributed by atoms with van der Waals surface area (Å²) < 4.78 is 5.91. The summed E-state index contributed by atoms with van der Waals surface area (Å²) in [7, 11) is 0. The molecule has 4 rings (SSSR count). The minimum absolute atomic E-state index is 0.0383. The molecule has 30 heavy (non-hydrogen) atoms. The molecule has 154 valence electrons. The number of hydrogen-bond acceptors (Lipinski definition) is 4. The van der Waals surface area contributed by atoms with E-state index in [1.54, 1.807) is 6.07 Å². The molecule has 4 aromatic rings. The van der Waals surface area contributed by atoms with Crippen molar-refractivity contribution in [3.63, 3.8) is 0 Å². The lowest BCUT2D eigenvalue weighted by atomic mass is 9.98. The molecule has 0 saturated carbocycles. The number of fused-ring (bicyclic) bond motifs is 3. The molecule has 0 saturated heterocycles. The summed E-state index contributed by atoms with van der Waals surface area (Å²) in [5.41, 5.74) is 4.03. The minimum Gasteiger partial charge on any atom is -0.481 e. The maximum atomic E-state index is 10.7. The third-order valence-corrected chi connectivity index (χ3v) is 5.43. The summed E-state index contributed by atoms with van der Waals surface area (Å²) in [6, 6.07) is 21.0. The maximum Gasteiger partial charge on any atom is 0.303 e. The molecule has 5 heteroatoms. The van der Waals surface area contributed by atoms with E-state index in [9.17, 15) is 15.0 Å². The van der Waals surface area contributed by atoms with Gasteiger partial charge in [-0.05, 0) is 53.8 Å². The predicted molar refractivity (Wildman–Crippen MR) is 115 cm³/mol. The van der Waals surface area contributed by atoms with Crippen molar-refractivity contribution in [3.05, 3.63) is 83.4 Å². The minimum atomic E-state index is -0.861. The van der Waals surface area contributed by atoms with Gasteiger partial charge in [-0.3, -0.25) is 4.79 Å². The van der Waals surface area contributed by atoms with E-state index in [1.807, 2.05) is 60.7 Å². The second-order valence-corrected chi connectivity index (χ2v) is 7.62. The Morgan fingerprint density at radius 2 is 1.43 bits per heavy atom. The van der Waals surface area contributed by atoms with Crippen molar-refractivity contribution in [2.24, 2.45) is 0 Å². The van der Waals surface area contributed by atoms with Crippen molar-refractivity contribution >= 4 is 27.9 Å². The van der Waals surface area contributed by atoms with Crippen LogP contribution >= 0.6 is 0 Å². The zero-order chi connectivity index (χ0) is 21.1. The molecule has 5 nitrogen and oxygen atoms in total. The average molecular weight is 404 g/mol. The van der Waals surface area contributed by atoms with E-state index in [4.69, 9.17) is 9.52 Å². The summed E-state index contributed by atoms with van der Waals surface area (Å²) in [6.07, 6.45) is -0.00526. The molecule has 1 aromatic heterocycles. The highest BCUT2D eigenvalue weighted by Gasteiger charge is 2.15. The lowest BCUT2D eigenvalue weighted by Gasteiger charge is -2.11. The Bertz CT molecular complexity index is 1160. The van der Waals surface area contributed by atoms with Gasteiger partial charge < -0.3 is 19.7 Å². The fourth-order valence-electron chi connectivity index (χ4n) is 3.80. The van der Waals surface area contributed by atoms with E-state index in [0.717, 1.165) is 33.0 Å². The normalized spacial score (nSPS) is 13.5. The Hall–Kier alpha value is -3.15. The highest BCUT2D eigenvalue weighted by atomic mass is 16.4. The SMILES string of the molecule is O=C(O)CCCC(O)c1ccc2oc3ccc(C(O)Cc4ccccc4)cc3c2c1. The number of carbonyl (C=O) groups is 1. The predicted octanol–water partition coefficient (Wildman–Crippen LogP) is 5.15. The Morgan fingerprint density at radius 1 is 0.833 bits per heavy atom. The molecule has 0 bridgehead atoms. The quantitative estimate of drug-likeness (QED) is 0.378. The third kappa shape index (κ3) is 4.37. The Balaban J connectivity index is 1.61. The van der Waals surface area contributed by atoms with Gasteiger partial charge in [0, 0.05) is 23.6 Å². The third-order valence-electron chi connectivity index (χ3n) is 5.43. The lowest BCUT2D eigenvalue weighted by molar-refractivity contribution is -0.137. The Labute approximate surface area is 174 Å². The van der Waals surface area contributed by atoms with Gasteiger partial charge in [0.25, 0.3) is 0 Å². The fraction of sp³-hybridized carbons (Fsp3) is 0.240. The van der Waals surface area contributed by atoms with Gasteiger partial charge in [-0.2, -0.15) is 0 Å². The fourth-order valence-corrected chi connectivity index (χ4v) is 3.80. The summed E-state index contributed by atoms with van der Waals surface area (Å²) in [4.78, 5) is 10.7. The van der Waals surface area contributed by atoms with Gasteiger partial charge in [0.2, 0.25) is 0 Å². The number of aliphatic hydroxyl groups excluding tert-OH is 2. The molecular formula is C25H24O5. The largest absolute Gasteiger partial charge is 0.481 e. The van der Waals surface area contributed by atoms with Gasteiger partial charge >= 0.3 is 5.97 Å². The number of furan rings is 1. The molecule has 0 aliphatic carbocycles. The number of rotatable bonds is 8. The standard InChI is InChI=1S/C25H24O5/c26-21(7-4-8-25(28)29)17-9-11-23-19(14-17)20-15-18(10-12-24(20)30-23)22(27)13-16-5-2-1-3-6-16/h1-3,5-6,9-12,14-15,21-22,26-27H,4,7-8,13H2,(H,28,29). The van der Waals surface area contributed by atoms with Gasteiger partial charge in [0.1, 0.15) is 11.2 Å². The molecule has 0 radical (unpaired) electrons. The highest BCUT2D eigenvalue weighted by molar-refractivity contribution is 6.05. The number of aliphatic hydroxyl groups is 2. The van der Waals surface area contributed by atoms with Crippen molar-refractivity contribution in [1.82, 2.24) is 0 Å². The van der Waals surface area contributed by atoms with Crippen LogP contribution in [0.3, 0.4) is 0 Å². The van der Waals surface area contributed by atoms with Crippen LogP contribution in [0.5, 0.6) is 0 Å². The molecule has 3 N–H and O–H groups in total. The molecule has 3 aromatic carbocycles. The maximum absolute atomic E-state index is 10.7. The molecule has 0 aliphatic heterocycles. The first kappa shape index (κ1) is 20.1. The first-order valence-corrected chi connectivity index (χ1v) is 10.1. The lowest BCUT2D eigenvalue weighted by Crippen LogP contribution is -2.01. The molecule has 2 unspecified atom stereocenters. The number of aliphatic carboxylic acids is 1. The molecular weight excluding hydrogens is 380 g/mol. The van der Waals surface area contributed by atoms with E-state index in [1.165, 1.54) is 0 Å². The van der Waals surface area contributed by atoms with Gasteiger partial charge in [-0.15, -0.1) is 0 Å². The number of carboxylic acid groups (broad SMARTS) is 1. The smallest absolute Gasteiger partial charge is 0.303 e. The van der Waals surface area contributed by atoms with Crippen LogP contribution in [0.1, 0.15) is 48.2 Å². The molecule has 1 heterocycles. The second-order valence-electron chi connectivity index (χ2n) is 7.62. The summed E-state index contributed by atoms with van der Waals surface area (Å²) in [5, 5.41) is 31.7. The Kier molecular flexibility index (Phi) is 5.84. The van der Waals surface area contributed by atoms with Crippen LogP contribution in [-0.4, -0.2) is 21.3 Å². The number of hydrogen-bond donors (Lipinski definition) is 3. The van der Waals surface area contributed by atoms with E-state index in [-0.39, 0.29) is 6.42 Å². The topological polar surface area (TPSA) is 90.9 Å². The van der Waals surface area contributed by atoms with Crippen molar-refractivity contribution < 1.29 is 24.5 Å². The summed E-state index contributed by atoms with van der Waals surface area (Å²) in [6.45, 7) is 0. The Morgan fingerprint density at radius 3 is 2.03 bits per heavy atom. The molecule has 0 fully saturated rings. The van der Waals surface area contributed by atoms with E-state index in [0.29, 0.717) is 24.8 Å². The van der Waals surface area contributed by atoms with Gasteiger partial charge in [-0.1, -0.05) is 42.5 Å². The summed E-state index contributed by atoms with van der Waals surface area (Å²) in [5.74, 6) is -0.861. The summed E-state index contributed by atoms with van der Waals surface area (Å²) >= 11 is 0. The number of carboxylic acids is 1. The van der Waals surface area contributed by atoms with Gasteiger partial charge in [0.05, 0.1) is 12.2 Å². The monoisotopic (exact) mass is 404 g/mol. The van der Waals surface area contributed by atoms with E-state index >= 15 is 0 Å². The number of benzene rings is 3. The van der Waals surface area contributed by atoms with Crippen LogP contribution in [0.15, 0.2) is 71.1 Å². The molecule has 0 spiro atoms. The van der Waals surface area contributed by atoms with Crippen LogP contribution in [0.25, 0.3) is 21.9 Å². The first-order valence-electron chi connectivity index (χ1n) is 10.1. The molecule has 0 amide bonds. The average Bonchev–Trinajstić information content (AvgIpc) is 3.11. The molecule has 0 aliphatic rings. The first-order chi connectivity index (χ1) is 14.5. The van der Waals surface area contributed by atoms with Crippen molar-refractivity contribution in [3.8, 4) is 0 Å². The zero-order valence-electron chi connectivity index (χ0n) is 16.5. The van der Waals surface area contributed by atoms with Gasteiger partial charge in [0.15, 0.2) is 0 Å². The second kappa shape index (κ2) is 8.69. The zero-order valence-corrected chi connectivity index (χ0v) is 16.5. The highest BCUT2D eigenvalue weighted by Crippen LogP contribution is 2.34. The van der Waals surface area contributed by atoms with Crippen LogP contribution in [0, 0.1) is 0 Å².